The molecule has 5 aromatic heterocycles. The van der Waals surface area contributed by atoms with Crippen molar-refractivity contribution in [1.29, 1.82) is 0 Å². The Morgan fingerprint density at radius 1 is 1.08 bits per heavy atom. The van der Waals surface area contributed by atoms with E-state index in [1.54, 1.807) is 12.4 Å². The number of H-pyrrole nitrogens is 2. The molecule has 0 aliphatic rings. The van der Waals surface area contributed by atoms with E-state index in [9.17, 15) is 4.39 Å². The Balaban J connectivity index is 1.41. The van der Waals surface area contributed by atoms with Crippen molar-refractivity contribution < 1.29 is 4.39 Å². The smallest absolute Gasteiger partial charge is 0.160 e. The minimum Gasteiger partial charge on any atom is -0.384 e. The number of fused-ring (bicyclic) bond motifs is 2. The molecule has 0 bridgehead atoms. The normalized spacial score (nSPS) is 11.7. The second-order valence-corrected chi connectivity index (χ2v) is 9.54. The molecule has 0 amide bonds. The Morgan fingerprint density at radius 2 is 1.95 bits per heavy atom. The van der Waals surface area contributed by atoms with Gasteiger partial charge in [-0.3, -0.25) is 10.1 Å². The van der Waals surface area contributed by atoms with Gasteiger partial charge in [0.15, 0.2) is 11.5 Å². The fourth-order valence-electron chi connectivity index (χ4n) is 4.50. The zero-order valence-electron chi connectivity index (χ0n) is 21.5. The Hall–Kier alpha value is -4.64. The lowest BCUT2D eigenvalue weighted by Gasteiger charge is -2.12. The van der Waals surface area contributed by atoms with E-state index < -0.39 is 0 Å². The second kappa shape index (κ2) is 9.34. The highest BCUT2D eigenvalue weighted by Crippen LogP contribution is 2.33. The fourth-order valence-corrected chi connectivity index (χ4v) is 4.50. The van der Waals surface area contributed by atoms with E-state index in [-0.39, 0.29) is 5.82 Å². The number of hydrogen-bond acceptors (Lipinski definition) is 7. The molecule has 0 aliphatic carbocycles. The molecule has 0 saturated carbocycles. The van der Waals surface area contributed by atoms with Gasteiger partial charge < -0.3 is 19.8 Å². The summed E-state index contributed by atoms with van der Waals surface area (Å²) in [6, 6.07) is 8.77. The maximum Gasteiger partial charge on any atom is 0.160 e. The summed E-state index contributed by atoms with van der Waals surface area (Å²) in [6.45, 7) is 3.49. The molecule has 6 rings (SSSR count). The molecule has 6 aromatic rings. The number of halogens is 1. The highest BCUT2D eigenvalue weighted by molar-refractivity contribution is 5.96. The minimum atomic E-state index is -0.320. The van der Waals surface area contributed by atoms with E-state index >= 15 is 0 Å². The van der Waals surface area contributed by atoms with Crippen LogP contribution in [0.5, 0.6) is 0 Å². The zero-order valence-corrected chi connectivity index (χ0v) is 21.5. The van der Waals surface area contributed by atoms with Gasteiger partial charge in [0.1, 0.15) is 22.9 Å². The summed E-state index contributed by atoms with van der Waals surface area (Å²) in [5.74, 6) is 1.14. The van der Waals surface area contributed by atoms with E-state index in [0.717, 1.165) is 40.2 Å². The molecule has 10 nitrogen and oxygen atoms in total. The number of rotatable bonds is 7. The quantitative estimate of drug-likeness (QED) is 0.292. The first kappa shape index (κ1) is 23.7. The van der Waals surface area contributed by atoms with Crippen LogP contribution in [0.1, 0.15) is 5.82 Å². The Morgan fingerprint density at radius 3 is 2.74 bits per heavy atom. The van der Waals surface area contributed by atoms with E-state index in [1.807, 2.05) is 57.0 Å². The molecule has 0 unspecified atom stereocenters. The summed E-state index contributed by atoms with van der Waals surface area (Å²) in [6.07, 6.45) is 5.26. The molecular formula is C27H27FN10. The standard InChI is InChI=1S/C27H27FN10/c1-15-31-14-23(38(15)4)21-12-20-22(13-32-21)35-36-25(20)27-33-24-19(5-6-30-26(24)34-27)16-9-17(28)11-18(10-16)29-7-8-37(2)3/h5-6,9-14,29H,7-8H2,1-4H3,(H,35,36)(H,30,33,34). The van der Waals surface area contributed by atoms with Crippen LogP contribution in [0.4, 0.5) is 10.1 Å². The van der Waals surface area contributed by atoms with Gasteiger partial charge in [-0.15, -0.1) is 0 Å². The predicted octanol–water partition coefficient (Wildman–Crippen LogP) is 4.38. The van der Waals surface area contributed by atoms with Gasteiger partial charge in [0.25, 0.3) is 0 Å². The topological polar surface area (TPSA) is 116 Å². The van der Waals surface area contributed by atoms with Crippen LogP contribution in [0.3, 0.4) is 0 Å². The molecule has 11 heteroatoms. The van der Waals surface area contributed by atoms with E-state index in [0.29, 0.717) is 40.5 Å². The van der Waals surface area contributed by atoms with Gasteiger partial charge >= 0.3 is 0 Å². The average molecular weight is 511 g/mol. The van der Waals surface area contributed by atoms with Crippen molar-refractivity contribution in [1.82, 2.24) is 44.6 Å². The summed E-state index contributed by atoms with van der Waals surface area (Å²) >= 11 is 0. The average Bonchev–Trinajstić information content (AvgIpc) is 3.59. The highest BCUT2D eigenvalue weighted by Gasteiger charge is 2.18. The van der Waals surface area contributed by atoms with Crippen molar-refractivity contribution in [2.45, 2.75) is 6.92 Å². The van der Waals surface area contributed by atoms with Crippen molar-refractivity contribution in [3.8, 4) is 34.0 Å². The molecule has 0 saturated heterocycles. The summed E-state index contributed by atoms with van der Waals surface area (Å²) in [4.78, 5) is 23.7. The third-order valence-corrected chi connectivity index (χ3v) is 6.64. The maximum atomic E-state index is 14.6. The molecule has 38 heavy (non-hydrogen) atoms. The van der Waals surface area contributed by atoms with Crippen LogP contribution in [-0.2, 0) is 7.05 Å². The van der Waals surface area contributed by atoms with Gasteiger partial charge in [0, 0.05) is 43.0 Å². The number of benzene rings is 1. The number of aromatic nitrogens is 8. The van der Waals surface area contributed by atoms with Crippen LogP contribution in [0.15, 0.2) is 48.9 Å². The van der Waals surface area contributed by atoms with Crippen LogP contribution >= 0.6 is 0 Å². The van der Waals surface area contributed by atoms with Gasteiger partial charge in [-0.25, -0.2) is 19.3 Å². The molecule has 5 heterocycles. The Labute approximate surface area is 218 Å². The molecule has 0 fully saturated rings. The first-order valence-corrected chi connectivity index (χ1v) is 12.2. The van der Waals surface area contributed by atoms with Crippen LogP contribution in [0.25, 0.3) is 56.1 Å². The summed E-state index contributed by atoms with van der Waals surface area (Å²) in [5.41, 5.74) is 6.57. The van der Waals surface area contributed by atoms with Crippen molar-refractivity contribution >= 4 is 27.8 Å². The zero-order chi connectivity index (χ0) is 26.4. The van der Waals surface area contributed by atoms with Crippen molar-refractivity contribution in [3.05, 3.63) is 60.6 Å². The van der Waals surface area contributed by atoms with E-state index in [4.69, 9.17) is 4.98 Å². The van der Waals surface area contributed by atoms with Gasteiger partial charge in [-0.05, 0) is 56.9 Å². The number of pyridine rings is 2. The number of aryl methyl sites for hydroxylation is 1. The number of nitrogens with zero attached hydrogens (tertiary/aromatic N) is 7. The molecule has 0 spiro atoms. The second-order valence-electron chi connectivity index (χ2n) is 9.54. The third kappa shape index (κ3) is 4.26. The van der Waals surface area contributed by atoms with Crippen LogP contribution in [0, 0.1) is 12.7 Å². The Bertz CT molecular complexity index is 1780. The van der Waals surface area contributed by atoms with Gasteiger partial charge in [-0.2, -0.15) is 5.10 Å². The van der Waals surface area contributed by atoms with E-state index in [2.05, 4.69) is 40.3 Å². The number of aromatic amines is 2. The molecule has 0 atom stereocenters. The van der Waals surface area contributed by atoms with Gasteiger partial charge in [0.2, 0.25) is 0 Å². The lowest BCUT2D eigenvalue weighted by atomic mass is 10.0. The minimum absolute atomic E-state index is 0.320. The first-order chi connectivity index (χ1) is 18.4. The van der Waals surface area contributed by atoms with Gasteiger partial charge in [-0.1, -0.05) is 0 Å². The summed E-state index contributed by atoms with van der Waals surface area (Å²) in [5, 5.41) is 11.7. The van der Waals surface area contributed by atoms with Crippen molar-refractivity contribution in [3.63, 3.8) is 0 Å². The van der Waals surface area contributed by atoms with E-state index in [1.165, 1.54) is 12.1 Å². The summed E-state index contributed by atoms with van der Waals surface area (Å²) < 4.78 is 16.6. The molecule has 0 radical (unpaired) electrons. The molecule has 192 valence electrons. The van der Waals surface area contributed by atoms with Crippen LogP contribution < -0.4 is 5.32 Å². The third-order valence-electron chi connectivity index (χ3n) is 6.64. The SMILES string of the molecule is Cc1ncc(-c2cc3c(-c4nc5c(-c6cc(F)cc(NCCN(C)C)c6)ccnc5[nH]4)n[nH]c3cn2)n1C. The number of hydrogen-bond donors (Lipinski definition) is 3. The fraction of sp³-hybridized carbons (Fsp3) is 0.222. The molecule has 1 aromatic carbocycles. The molecule has 0 aliphatic heterocycles. The lowest BCUT2D eigenvalue weighted by molar-refractivity contribution is 0.425. The first-order valence-electron chi connectivity index (χ1n) is 12.2. The Kier molecular flexibility index (Phi) is 5.84. The van der Waals surface area contributed by atoms with Crippen LogP contribution in [0.2, 0.25) is 0 Å². The maximum absolute atomic E-state index is 14.6. The van der Waals surface area contributed by atoms with Crippen molar-refractivity contribution in [2.24, 2.45) is 7.05 Å². The van der Waals surface area contributed by atoms with Crippen LogP contribution in [-0.4, -0.2) is 71.8 Å². The molecule has 3 N–H and O–H groups in total. The van der Waals surface area contributed by atoms with Gasteiger partial charge in [0.05, 0.1) is 29.3 Å². The number of nitrogens with one attached hydrogen (secondary N) is 3. The van der Waals surface area contributed by atoms with Crippen molar-refractivity contribution in [2.75, 3.05) is 32.5 Å². The monoisotopic (exact) mass is 510 g/mol. The summed E-state index contributed by atoms with van der Waals surface area (Å²) in [7, 11) is 5.96. The predicted molar refractivity (Wildman–Crippen MR) is 146 cm³/mol. The highest BCUT2D eigenvalue weighted by atomic mass is 19.1. The molecular weight excluding hydrogens is 483 g/mol. The lowest BCUT2D eigenvalue weighted by Crippen LogP contribution is -2.20. The number of anilines is 1. The largest absolute Gasteiger partial charge is 0.384 e. The number of imidazole rings is 2. The number of likely N-dealkylation sites (N-methyl/N-ethyl adjacent to an activating group) is 1.